The van der Waals surface area contributed by atoms with Crippen LogP contribution in [-0.4, -0.2) is 31.6 Å². The molecule has 1 aliphatic rings. The second kappa shape index (κ2) is 11.2. The minimum absolute atomic E-state index is 0. The van der Waals surface area contributed by atoms with Crippen molar-refractivity contribution in [3.63, 3.8) is 0 Å². The number of guanidine groups is 1. The predicted octanol–water partition coefficient (Wildman–Crippen LogP) is 3.27. The number of nitrogens with zero attached hydrogens (tertiary/aromatic N) is 1. The van der Waals surface area contributed by atoms with Crippen LogP contribution in [0.2, 0.25) is 0 Å². The Kier molecular flexibility index (Phi) is 9.62. The molecular formula is C18H29IN4O2. The zero-order valence-corrected chi connectivity index (χ0v) is 17.6. The summed E-state index contributed by atoms with van der Waals surface area (Å²) in [6.45, 7) is 4.92. The van der Waals surface area contributed by atoms with Gasteiger partial charge in [-0.15, -0.1) is 24.0 Å². The van der Waals surface area contributed by atoms with Gasteiger partial charge in [0.15, 0.2) is 5.96 Å². The van der Waals surface area contributed by atoms with Crippen LogP contribution in [0.1, 0.15) is 45.1 Å². The molecule has 0 bridgehead atoms. The monoisotopic (exact) mass is 460 g/mol. The minimum atomic E-state index is -0.120. The van der Waals surface area contributed by atoms with E-state index in [-0.39, 0.29) is 29.9 Å². The van der Waals surface area contributed by atoms with E-state index in [4.69, 9.17) is 4.74 Å². The van der Waals surface area contributed by atoms with Crippen molar-refractivity contribution in [2.75, 3.05) is 19.0 Å². The summed E-state index contributed by atoms with van der Waals surface area (Å²) in [4.78, 5) is 16.0. The normalized spacial score (nSPS) is 14.6. The van der Waals surface area contributed by atoms with Gasteiger partial charge in [0.25, 0.3) is 0 Å². The van der Waals surface area contributed by atoms with Crippen LogP contribution in [0.15, 0.2) is 23.2 Å². The number of nitrogens with one attached hydrogen (secondary N) is 3. The standard InChI is InChI=1S/C18H28N4O2.HI/c1-4-19-18(22-15-7-5-6-8-15)20-12-14-9-10-17(24-3)16(11-14)21-13(2)23;/h9-11,15H,4-8,12H2,1-3H3,(H,21,23)(H2,19,20,22);1H. The third-order valence-electron chi connectivity index (χ3n) is 4.03. The molecule has 3 N–H and O–H groups in total. The maximum Gasteiger partial charge on any atom is 0.221 e. The summed E-state index contributed by atoms with van der Waals surface area (Å²) in [6.07, 6.45) is 4.99. The SMILES string of the molecule is CCNC(=NCc1ccc(OC)c(NC(C)=O)c1)NC1CCCC1.I. The number of hydrogen-bond donors (Lipinski definition) is 3. The fraction of sp³-hybridized carbons (Fsp3) is 0.556. The summed E-state index contributed by atoms with van der Waals surface area (Å²) in [5, 5.41) is 9.59. The van der Waals surface area contributed by atoms with Crippen molar-refractivity contribution >= 4 is 41.5 Å². The van der Waals surface area contributed by atoms with Gasteiger partial charge < -0.3 is 20.7 Å². The van der Waals surface area contributed by atoms with Crippen LogP contribution < -0.4 is 20.7 Å². The quantitative estimate of drug-likeness (QED) is 0.346. The van der Waals surface area contributed by atoms with Crippen LogP contribution in [-0.2, 0) is 11.3 Å². The molecule has 0 radical (unpaired) electrons. The van der Waals surface area contributed by atoms with Gasteiger partial charge in [-0.05, 0) is 37.5 Å². The molecule has 1 fully saturated rings. The molecule has 1 amide bonds. The number of ether oxygens (including phenoxy) is 1. The van der Waals surface area contributed by atoms with E-state index in [0.717, 1.165) is 18.1 Å². The highest BCUT2D eigenvalue weighted by Gasteiger charge is 2.15. The molecule has 0 atom stereocenters. The number of aliphatic imine (C=N–C) groups is 1. The molecule has 1 aromatic rings. The van der Waals surface area contributed by atoms with Gasteiger partial charge >= 0.3 is 0 Å². The van der Waals surface area contributed by atoms with Gasteiger partial charge in [-0.3, -0.25) is 4.79 Å². The van der Waals surface area contributed by atoms with Crippen molar-refractivity contribution in [3.05, 3.63) is 23.8 Å². The third kappa shape index (κ3) is 7.09. The molecule has 7 heteroatoms. The molecule has 140 valence electrons. The fourth-order valence-electron chi connectivity index (χ4n) is 2.89. The van der Waals surface area contributed by atoms with Crippen molar-refractivity contribution in [1.82, 2.24) is 10.6 Å². The maximum atomic E-state index is 11.3. The molecule has 0 unspecified atom stereocenters. The van der Waals surface area contributed by atoms with Crippen LogP contribution in [0, 0.1) is 0 Å². The highest BCUT2D eigenvalue weighted by molar-refractivity contribution is 14.0. The molecule has 25 heavy (non-hydrogen) atoms. The zero-order valence-electron chi connectivity index (χ0n) is 15.2. The van der Waals surface area contributed by atoms with Gasteiger partial charge in [0, 0.05) is 19.5 Å². The minimum Gasteiger partial charge on any atom is -0.495 e. The van der Waals surface area contributed by atoms with Crippen molar-refractivity contribution in [1.29, 1.82) is 0 Å². The molecule has 2 rings (SSSR count). The van der Waals surface area contributed by atoms with Gasteiger partial charge in [-0.1, -0.05) is 18.9 Å². The van der Waals surface area contributed by atoms with Gasteiger partial charge in [0.1, 0.15) is 5.75 Å². The molecular weight excluding hydrogens is 431 g/mol. The smallest absolute Gasteiger partial charge is 0.221 e. The average molecular weight is 460 g/mol. The Labute approximate surface area is 167 Å². The Hall–Kier alpha value is -1.51. The van der Waals surface area contributed by atoms with E-state index in [1.54, 1.807) is 7.11 Å². The zero-order chi connectivity index (χ0) is 17.4. The first-order valence-electron chi connectivity index (χ1n) is 8.61. The van der Waals surface area contributed by atoms with E-state index in [1.807, 2.05) is 18.2 Å². The Morgan fingerprint density at radius 2 is 2.04 bits per heavy atom. The number of halogens is 1. The van der Waals surface area contributed by atoms with E-state index in [1.165, 1.54) is 32.6 Å². The van der Waals surface area contributed by atoms with Crippen molar-refractivity contribution < 1.29 is 9.53 Å². The summed E-state index contributed by atoms with van der Waals surface area (Å²) >= 11 is 0. The molecule has 0 heterocycles. The second-order valence-electron chi connectivity index (χ2n) is 6.04. The molecule has 1 aliphatic carbocycles. The molecule has 0 saturated heterocycles. The van der Waals surface area contributed by atoms with E-state index in [0.29, 0.717) is 24.0 Å². The lowest BCUT2D eigenvalue weighted by molar-refractivity contribution is -0.114. The number of methoxy groups -OCH3 is 1. The van der Waals surface area contributed by atoms with Crippen molar-refractivity contribution in [2.24, 2.45) is 4.99 Å². The molecule has 0 aliphatic heterocycles. The fourth-order valence-corrected chi connectivity index (χ4v) is 2.89. The van der Waals surface area contributed by atoms with Crippen LogP contribution in [0.25, 0.3) is 0 Å². The number of rotatable bonds is 6. The predicted molar refractivity (Wildman–Crippen MR) is 113 cm³/mol. The first-order chi connectivity index (χ1) is 11.6. The highest BCUT2D eigenvalue weighted by Crippen LogP contribution is 2.25. The van der Waals surface area contributed by atoms with Gasteiger partial charge in [0.05, 0.1) is 19.3 Å². The third-order valence-corrected chi connectivity index (χ3v) is 4.03. The van der Waals surface area contributed by atoms with Crippen LogP contribution in [0.4, 0.5) is 5.69 Å². The van der Waals surface area contributed by atoms with Crippen LogP contribution in [0.5, 0.6) is 5.75 Å². The number of amides is 1. The lowest BCUT2D eigenvalue weighted by Crippen LogP contribution is -2.42. The largest absolute Gasteiger partial charge is 0.495 e. The molecule has 6 nitrogen and oxygen atoms in total. The Morgan fingerprint density at radius 3 is 2.64 bits per heavy atom. The van der Waals surface area contributed by atoms with Crippen LogP contribution >= 0.6 is 24.0 Å². The van der Waals surface area contributed by atoms with Crippen molar-refractivity contribution in [3.8, 4) is 5.75 Å². The lowest BCUT2D eigenvalue weighted by atomic mass is 10.2. The van der Waals surface area contributed by atoms with Gasteiger partial charge in [-0.25, -0.2) is 4.99 Å². The topological polar surface area (TPSA) is 74.8 Å². The van der Waals surface area contributed by atoms with Crippen LogP contribution in [0.3, 0.4) is 0 Å². The Morgan fingerprint density at radius 1 is 1.32 bits per heavy atom. The van der Waals surface area contributed by atoms with E-state index in [2.05, 4.69) is 27.9 Å². The summed E-state index contributed by atoms with van der Waals surface area (Å²) in [7, 11) is 1.59. The van der Waals surface area contributed by atoms with E-state index in [9.17, 15) is 4.79 Å². The average Bonchev–Trinajstić information content (AvgIpc) is 3.05. The van der Waals surface area contributed by atoms with Gasteiger partial charge in [-0.2, -0.15) is 0 Å². The lowest BCUT2D eigenvalue weighted by Gasteiger charge is -2.17. The summed E-state index contributed by atoms with van der Waals surface area (Å²) < 4.78 is 5.28. The first kappa shape index (κ1) is 21.5. The molecule has 1 saturated carbocycles. The molecule has 0 aromatic heterocycles. The van der Waals surface area contributed by atoms with E-state index >= 15 is 0 Å². The second-order valence-corrected chi connectivity index (χ2v) is 6.04. The number of benzene rings is 1. The molecule has 0 spiro atoms. The highest BCUT2D eigenvalue weighted by atomic mass is 127. The molecule has 1 aromatic carbocycles. The number of anilines is 1. The number of carbonyl (C=O) groups excluding carboxylic acids is 1. The Balaban J connectivity index is 0.00000312. The summed E-state index contributed by atoms with van der Waals surface area (Å²) in [5.41, 5.74) is 1.69. The number of hydrogen-bond acceptors (Lipinski definition) is 3. The summed E-state index contributed by atoms with van der Waals surface area (Å²) in [6, 6.07) is 6.25. The first-order valence-corrected chi connectivity index (χ1v) is 8.61. The summed E-state index contributed by atoms with van der Waals surface area (Å²) in [5.74, 6) is 1.38. The number of carbonyl (C=O) groups is 1. The maximum absolute atomic E-state index is 11.3. The van der Waals surface area contributed by atoms with Crippen molar-refractivity contribution in [2.45, 2.75) is 52.1 Å². The van der Waals surface area contributed by atoms with Gasteiger partial charge in [0.2, 0.25) is 5.91 Å². The Bertz CT molecular complexity index is 586. The van der Waals surface area contributed by atoms with E-state index < -0.39 is 0 Å².